The topological polar surface area (TPSA) is 65.4 Å². The summed E-state index contributed by atoms with van der Waals surface area (Å²) in [6.07, 6.45) is 4.89. The number of carbonyl (C=O) groups is 1. The fourth-order valence-electron chi connectivity index (χ4n) is 2.18. The molecule has 1 fully saturated rings. The molecule has 112 valence electrons. The monoisotopic (exact) mass is 281 g/mol. The van der Waals surface area contributed by atoms with Crippen molar-refractivity contribution in [2.24, 2.45) is 7.05 Å². The first-order chi connectivity index (χ1) is 9.68. The molecule has 6 heteroatoms. The van der Waals surface area contributed by atoms with Crippen molar-refractivity contribution in [3.8, 4) is 0 Å². The molecule has 1 aromatic rings. The summed E-state index contributed by atoms with van der Waals surface area (Å²) in [5, 5.41) is 6.93. The van der Waals surface area contributed by atoms with Crippen LogP contribution in [0, 0.1) is 6.92 Å². The van der Waals surface area contributed by atoms with E-state index in [1.165, 1.54) is 0 Å². The van der Waals surface area contributed by atoms with Crippen LogP contribution in [-0.2, 0) is 16.5 Å². The number of amides is 1. The van der Waals surface area contributed by atoms with Crippen molar-refractivity contribution in [2.45, 2.75) is 32.3 Å². The van der Waals surface area contributed by atoms with Crippen molar-refractivity contribution >= 4 is 5.91 Å². The van der Waals surface area contributed by atoms with Crippen molar-refractivity contribution in [1.29, 1.82) is 0 Å². The minimum absolute atomic E-state index is 0.0743. The van der Waals surface area contributed by atoms with Crippen LogP contribution in [0.2, 0.25) is 0 Å². The molecular weight excluding hydrogens is 258 g/mol. The van der Waals surface area contributed by atoms with Crippen LogP contribution in [0.15, 0.2) is 6.20 Å². The van der Waals surface area contributed by atoms with E-state index in [2.05, 4.69) is 10.4 Å². The van der Waals surface area contributed by atoms with Gasteiger partial charge in [-0.25, -0.2) is 0 Å². The third-order valence-electron chi connectivity index (χ3n) is 3.56. The molecule has 1 atom stereocenters. The van der Waals surface area contributed by atoms with Crippen LogP contribution in [0.5, 0.6) is 0 Å². The fourth-order valence-corrected chi connectivity index (χ4v) is 2.18. The number of ether oxygens (including phenoxy) is 2. The van der Waals surface area contributed by atoms with E-state index in [0.717, 1.165) is 31.6 Å². The van der Waals surface area contributed by atoms with Gasteiger partial charge in [0, 0.05) is 32.5 Å². The standard InChI is InChI=1S/C14H23N3O3/c1-11-13(9-16-17(11)2)14(18)15-6-4-7-19-10-12-5-3-8-20-12/h9,12H,3-8,10H2,1-2H3,(H,15,18)/t12-/m0/s1. The smallest absolute Gasteiger partial charge is 0.254 e. The molecule has 0 bridgehead atoms. The molecule has 0 spiro atoms. The highest BCUT2D eigenvalue weighted by atomic mass is 16.5. The maximum absolute atomic E-state index is 11.9. The van der Waals surface area contributed by atoms with Gasteiger partial charge >= 0.3 is 0 Å². The quantitative estimate of drug-likeness (QED) is 0.759. The first-order valence-corrected chi connectivity index (χ1v) is 7.14. The molecule has 1 amide bonds. The Hall–Kier alpha value is -1.40. The van der Waals surface area contributed by atoms with Crippen LogP contribution in [0.1, 0.15) is 35.3 Å². The van der Waals surface area contributed by atoms with E-state index >= 15 is 0 Å². The van der Waals surface area contributed by atoms with Gasteiger partial charge in [-0.2, -0.15) is 5.10 Å². The summed E-state index contributed by atoms with van der Waals surface area (Å²) in [5.41, 5.74) is 1.50. The Balaban J connectivity index is 1.56. The second-order valence-corrected chi connectivity index (χ2v) is 5.09. The number of nitrogens with zero attached hydrogens (tertiary/aromatic N) is 2. The largest absolute Gasteiger partial charge is 0.379 e. The van der Waals surface area contributed by atoms with E-state index in [4.69, 9.17) is 9.47 Å². The van der Waals surface area contributed by atoms with E-state index in [1.807, 2.05) is 14.0 Å². The molecule has 6 nitrogen and oxygen atoms in total. The van der Waals surface area contributed by atoms with Gasteiger partial charge < -0.3 is 14.8 Å². The first kappa shape index (κ1) is 15.0. The van der Waals surface area contributed by atoms with Gasteiger partial charge in [0.15, 0.2) is 0 Å². The summed E-state index contributed by atoms with van der Waals surface area (Å²) in [5.74, 6) is -0.0743. The number of hydrogen-bond donors (Lipinski definition) is 1. The Kier molecular flexibility index (Phi) is 5.55. The highest BCUT2D eigenvalue weighted by Gasteiger charge is 2.15. The van der Waals surface area contributed by atoms with Gasteiger partial charge in [-0.3, -0.25) is 9.48 Å². The van der Waals surface area contributed by atoms with Crippen molar-refractivity contribution in [1.82, 2.24) is 15.1 Å². The van der Waals surface area contributed by atoms with Gasteiger partial charge in [-0.15, -0.1) is 0 Å². The highest BCUT2D eigenvalue weighted by Crippen LogP contribution is 2.11. The maximum Gasteiger partial charge on any atom is 0.254 e. The second kappa shape index (κ2) is 7.40. The Morgan fingerprint density at radius 2 is 2.50 bits per heavy atom. The van der Waals surface area contributed by atoms with E-state index in [9.17, 15) is 4.79 Å². The summed E-state index contributed by atoms with van der Waals surface area (Å²) in [6, 6.07) is 0. The summed E-state index contributed by atoms with van der Waals surface area (Å²) in [4.78, 5) is 11.9. The molecule has 1 aromatic heterocycles. The molecule has 2 rings (SSSR count). The molecule has 1 aliphatic rings. The zero-order valence-electron chi connectivity index (χ0n) is 12.2. The molecule has 0 unspecified atom stereocenters. The number of nitrogens with one attached hydrogen (secondary N) is 1. The lowest BCUT2D eigenvalue weighted by Crippen LogP contribution is -2.26. The van der Waals surface area contributed by atoms with Crippen molar-refractivity contribution in [2.75, 3.05) is 26.4 Å². The van der Waals surface area contributed by atoms with Crippen LogP contribution in [0.4, 0.5) is 0 Å². The number of aryl methyl sites for hydroxylation is 1. The summed E-state index contributed by atoms with van der Waals surface area (Å²) in [7, 11) is 1.82. The van der Waals surface area contributed by atoms with Crippen LogP contribution in [-0.4, -0.2) is 48.2 Å². The van der Waals surface area contributed by atoms with Crippen LogP contribution >= 0.6 is 0 Å². The lowest BCUT2D eigenvalue weighted by Gasteiger charge is -2.10. The molecule has 1 N–H and O–H groups in total. The molecule has 1 saturated heterocycles. The Morgan fingerprint density at radius 1 is 1.65 bits per heavy atom. The number of rotatable bonds is 7. The Labute approximate surface area is 119 Å². The lowest BCUT2D eigenvalue weighted by molar-refractivity contribution is 0.0166. The van der Waals surface area contributed by atoms with Gasteiger partial charge in [0.1, 0.15) is 0 Å². The first-order valence-electron chi connectivity index (χ1n) is 7.14. The Bertz CT molecular complexity index is 439. The summed E-state index contributed by atoms with van der Waals surface area (Å²) >= 11 is 0. The van der Waals surface area contributed by atoms with E-state index < -0.39 is 0 Å². The van der Waals surface area contributed by atoms with Crippen LogP contribution in [0.25, 0.3) is 0 Å². The average Bonchev–Trinajstić information content (AvgIpc) is 3.05. The Morgan fingerprint density at radius 3 is 3.15 bits per heavy atom. The normalized spacial score (nSPS) is 18.4. The minimum atomic E-state index is -0.0743. The molecule has 2 heterocycles. The summed E-state index contributed by atoms with van der Waals surface area (Å²) < 4.78 is 12.7. The van der Waals surface area contributed by atoms with E-state index in [0.29, 0.717) is 25.3 Å². The predicted molar refractivity (Wildman–Crippen MR) is 74.7 cm³/mol. The van der Waals surface area contributed by atoms with Gasteiger partial charge in [-0.05, 0) is 26.2 Å². The van der Waals surface area contributed by atoms with E-state index in [-0.39, 0.29) is 12.0 Å². The number of carbonyl (C=O) groups excluding carboxylic acids is 1. The van der Waals surface area contributed by atoms with Gasteiger partial charge in [0.2, 0.25) is 0 Å². The highest BCUT2D eigenvalue weighted by molar-refractivity contribution is 5.94. The lowest BCUT2D eigenvalue weighted by atomic mass is 10.2. The van der Waals surface area contributed by atoms with Crippen LogP contribution in [0.3, 0.4) is 0 Å². The van der Waals surface area contributed by atoms with Gasteiger partial charge in [-0.1, -0.05) is 0 Å². The molecule has 0 saturated carbocycles. The van der Waals surface area contributed by atoms with Crippen molar-refractivity contribution in [3.63, 3.8) is 0 Å². The maximum atomic E-state index is 11.9. The van der Waals surface area contributed by atoms with E-state index in [1.54, 1.807) is 10.9 Å². The number of hydrogen-bond acceptors (Lipinski definition) is 4. The SMILES string of the molecule is Cc1c(C(=O)NCCCOC[C@@H]2CCCO2)cnn1C. The van der Waals surface area contributed by atoms with Gasteiger partial charge in [0.05, 0.1) is 24.5 Å². The van der Waals surface area contributed by atoms with Gasteiger partial charge in [0.25, 0.3) is 5.91 Å². The summed E-state index contributed by atoms with van der Waals surface area (Å²) in [6.45, 7) is 4.65. The number of aromatic nitrogens is 2. The average molecular weight is 281 g/mol. The zero-order valence-corrected chi connectivity index (χ0v) is 12.2. The second-order valence-electron chi connectivity index (χ2n) is 5.09. The third-order valence-corrected chi connectivity index (χ3v) is 3.56. The minimum Gasteiger partial charge on any atom is -0.379 e. The van der Waals surface area contributed by atoms with Crippen molar-refractivity contribution in [3.05, 3.63) is 17.5 Å². The van der Waals surface area contributed by atoms with Crippen molar-refractivity contribution < 1.29 is 14.3 Å². The predicted octanol–water partition coefficient (Wildman–Crippen LogP) is 1.04. The third kappa shape index (κ3) is 4.05. The molecular formula is C14H23N3O3. The molecule has 1 aliphatic heterocycles. The van der Waals surface area contributed by atoms with Crippen LogP contribution < -0.4 is 5.32 Å². The molecule has 20 heavy (non-hydrogen) atoms. The molecule has 0 aliphatic carbocycles. The fraction of sp³-hybridized carbons (Fsp3) is 0.714. The molecule has 0 radical (unpaired) electrons. The molecule has 0 aromatic carbocycles. The zero-order chi connectivity index (χ0) is 14.4.